The topological polar surface area (TPSA) is 88.8 Å². The Morgan fingerprint density at radius 3 is 2.79 bits per heavy atom. The van der Waals surface area contributed by atoms with E-state index in [0.29, 0.717) is 24.6 Å². The number of carbonyl (C=O) groups is 1. The summed E-state index contributed by atoms with van der Waals surface area (Å²) in [4.78, 5) is 26.9. The summed E-state index contributed by atoms with van der Waals surface area (Å²) in [5, 5.41) is 6.60. The third-order valence-corrected chi connectivity index (χ3v) is 4.60. The van der Waals surface area contributed by atoms with Crippen molar-refractivity contribution in [1.82, 2.24) is 24.7 Å². The summed E-state index contributed by atoms with van der Waals surface area (Å²) in [5.41, 5.74) is -0.0287. The van der Waals surface area contributed by atoms with Crippen molar-refractivity contribution in [3.05, 3.63) is 54.9 Å². The minimum absolute atomic E-state index is 0.0287. The summed E-state index contributed by atoms with van der Waals surface area (Å²) in [6.45, 7) is 1.17. The zero-order valence-corrected chi connectivity index (χ0v) is 14.8. The molecule has 1 N–H and O–H groups in total. The Labute approximate surface area is 159 Å². The average Bonchev–Trinajstić information content (AvgIpc) is 3.25. The summed E-state index contributed by atoms with van der Waals surface area (Å²) < 4.78 is 28.4. The first-order valence-electron chi connectivity index (χ1n) is 8.78. The quantitative estimate of drug-likeness (QED) is 0.741. The second-order valence-corrected chi connectivity index (χ2v) is 6.47. The molecule has 0 saturated carbocycles. The molecule has 0 bridgehead atoms. The van der Waals surface area contributed by atoms with Gasteiger partial charge in [-0.05, 0) is 25.0 Å². The molecule has 28 heavy (non-hydrogen) atoms. The lowest BCUT2D eigenvalue weighted by molar-refractivity contribution is -0.120. The Morgan fingerprint density at radius 2 is 2.00 bits per heavy atom. The summed E-state index contributed by atoms with van der Waals surface area (Å²) in [5.74, 6) is -0.891. The van der Waals surface area contributed by atoms with E-state index < -0.39 is 11.6 Å². The second-order valence-electron chi connectivity index (χ2n) is 6.47. The molecule has 1 aromatic carbocycles. The fraction of sp³-hybridized carbons (Fsp3) is 0.278. The van der Waals surface area contributed by atoms with Crippen LogP contribution in [0.2, 0.25) is 0 Å². The fourth-order valence-corrected chi connectivity index (χ4v) is 3.19. The van der Waals surface area contributed by atoms with Gasteiger partial charge in [-0.1, -0.05) is 0 Å². The first kappa shape index (κ1) is 18.0. The number of aromatic nitrogens is 5. The molecule has 3 aromatic rings. The Hall–Kier alpha value is -3.43. The fourth-order valence-electron chi connectivity index (χ4n) is 3.19. The average molecular weight is 385 g/mol. The van der Waals surface area contributed by atoms with Gasteiger partial charge in [0.05, 0.1) is 11.6 Å². The molecule has 1 aliphatic heterocycles. The number of anilines is 2. The summed E-state index contributed by atoms with van der Waals surface area (Å²) >= 11 is 0. The van der Waals surface area contributed by atoms with Crippen LogP contribution in [0.15, 0.2) is 43.2 Å². The zero-order valence-electron chi connectivity index (χ0n) is 14.8. The van der Waals surface area contributed by atoms with E-state index in [0.717, 1.165) is 25.1 Å². The maximum Gasteiger partial charge on any atom is 0.229 e. The number of rotatable bonds is 4. The number of piperidine rings is 1. The Bertz CT molecular complexity index is 980. The maximum absolute atomic E-state index is 13.8. The molecule has 1 fully saturated rings. The predicted octanol–water partition coefficient (Wildman–Crippen LogP) is 2.19. The van der Waals surface area contributed by atoms with Crippen molar-refractivity contribution >= 4 is 17.4 Å². The van der Waals surface area contributed by atoms with E-state index in [1.165, 1.54) is 29.7 Å². The van der Waals surface area contributed by atoms with Crippen LogP contribution in [0.1, 0.15) is 12.8 Å². The lowest BCUT2D eigenvalue weighted by Crippen LogP contribution is -2.41. The van der Waals surface area contributed by atoms with Crippen LogP contribution >= 0.6 is 0 Å². The van der Waals surface area contributed by atoms with Crippen molar-refractivity contribution in [3.8, 4) is 5.82 Å². The minimum Gasteiger partial charge on any atom is -0.356 e. The van der Waals surface area contributed by atoms with Crippen LogP contribution < -0.4 is 10.2 Å². The number of halogens is 2. The molecule has 1 unspecified atom stereocenters. The summed E-state index contributed by atoms with van der Waals surface area (Å²) in [6, 6.07) is 4.85. The highest BCUT2D eigenvalue weighted by Gasteiger charge is 2.27. The van der Waals surface area contributed by atoms with Crippen LogP contribution in [-0.4, -0.2) is 43.7 Å². The molecular weight excluding hydrogens is 368 g/mol. The first-order valence-corrected chi connectivity index (χ1v) is 8.78. The summed E-state index contributed by atoms with van der Waals surface area (Å²) in [6.07, 6.45) is 5.84. The van der Waals surface area contributed by atoms with Crippen molar-refractivity contribution in [2.24, 2.45) is 5.92 Å². The number of hydrogen-bond acceptors (Lipinski definition) is 6. The van der Waals surface area contributed by atoms with Gasteiger partial charge in [0.1, 0.15) is 36.4 Å². The van der Waals surface area contributed by atoms with Gasteiger partial charge in [-0.15, -0.1) is 0 Å². The molecule has 8 nitrogen and oxygen atoms in total. The second kappa shape index (κ2) is 7.67. The molecule has 4 rings (SSSR count). The normalized spacial score (nSPS) is 16.8. The monoisotopic (exact) mass is 385 g/mol. The highest BCUT2D eigenvalue weighted by molar-refractivity contribution is 5.93. The molecule has 0 spiro atoms. The van der Waals surface area contributed by atoms with E-state index in [9.17, 15) is 13.6 Å². The van der Waals surface area contributed by atoms with Crippen LogP contribution in [0.3, 0.4) is 0 Å². The van der Waals surface area contributed by atoms with Gasteiger partial charge in [-0.3, -0.25) is 4.79 Å². The lowest BCUT2D eigenvalue weighted by Gasteiger charge is -2.32. The van der Waals surface area contributed by atoms with E-state index in [1.807, 2.05) is 4.90 Å². The molecule has 1 amide bonds. The van der Waals surface area contributed by atoms with Crippen molar-refractivity contribution in [3.63, 3.8) is 0 Å². The highest BCUT2D eigenvalue weighted by atomic mass is 19.1. The van der Waals surface area contributed by atoms with E-state index in [4.69, 9.17) is 0 Å². The number of benzene rings is 1. The largest absolute Gasteiger partial charge is 0.356 e. The zero-order chi connectivity index (χ0) is 19.5. The van der Waals surface area contributed by atoms with Gasteiger partial charge in [-0.2, -0.15) is 5.10 Å². The van der Waals surface area contributed by atoms with Gasteiger partial charge in [-0.25, -0.2) is 28.4 Å². The van der Waals surface area contributed by atoms with E-state index in [1.54, 1.807) is 6.07 Å². The Balaban J connectivity index is 1.47. The van der Waals surface area contributed by atoms with Gasteiger partial charge < -0.3 is 10.2 Å². The number of hydrogen-bond donors (Lipinski definition) is 1. The molecule has 0 radical (unpaired) electrons. The number of nitrogens with zero attached hydrogens (tertiary/aromatic N) is 6. The van der Waals surface area contributed by atoms with E-state index in [2.05, 4.69) is 25.4 Å². The highest BCUT2D eigenvalue weighted by Crippen LogP contribution is 2.24. The van der Waals surface area contributed by atoms with Crippen LogP contribution in [0, 0.1) is 17.6 Å². The number of nitrogens with one attached hydrogen (secondary N) is 1. The van der Waals surface area contributed by atoms with Crippen LogP contribution in [0.25, 0.3) is 5.82 Å². The van der Waals surface area contributed by atoms with Crippen LogP contribution in [0.5, 0.6) is 0 Å². The van der Waals surface area contributed by atoms with Crippen LogP contribution in [0.4, 0.5) is 20.3 Å². The van der Waals surface area contributed by atoms with Crippen LogP contribution in [-0.2, 0) is 4.79 Å². The number of carbonyl (C=O) groups excluding carboxylic acids is 1. The molecule has 10 heteroatoms. The molecule has 144 valence electrons. The van der Waals surface area contributed by atoms with Gasteiger partial charge >= 0.3 is 0 Å². The van der Waals surface area contributed by atoms with Gasteiger partial charge in [0, 0.05) is 25.2 Å². The third-order valence-electron chi connectivity index (χ3n) is 4.60. The van der Waals surface area contributed by atoms with Gasteiger partial charge in [0.2, 0.25) is 5.91 Å². The van der Waals surface area contributed by atoms with Crippen molar-refractivity contribution in [2.45, 2.75) is 12.8 Å². The smallest absolute Gasteiger partial charge is 0.229 e. The standard InChI is InChI=1S/C18H17F2N7O/c19-13-3-4-15(14(20)6-13)25-18(28)12-2-1-5-26(8-12)16-7-17(23-10-22-16)27-11-21-9-24-27/h3-4,6-7,9-12H,1-2,5,8H2,(H,25,28). The molecule has 1 atom stereocenters. The molecule has 1 saturated heterocycles. The van der Waals surface area contributed by atoms with Crippen molar-refractivity contribution < 1.29 is 13.6 Å². The van der Waals surface area contributed by atoms with Gasteiger partial charge in [0.25, 0.3) is 0 Å². The molecule has 1 aliphatic rings. The third kappa shape index (κ3) is 3.80. The predicted molar refractivity (Wildman–Crippen MR) is 96.9 cm³/mol. The first-order chi connectivity index (χ1) is 13.6. The molecule has 3 heterocycles. The molecular formula is C18H17F2N7O. The van der Waals surface area contributed by atoms with Crippen molar-refractivity contribution in [1.29, 1.82) is 0 Å². The Morgan fingerprint density at radius 1 is 1.14 bits per heavy atom. The van der Waals surface area contributed by atoms with Crippen molar-refractivity contribution in [2.75, 3.05) is 23.3 Å². The van der Waals surface area contributed by atoms with E-state index >= 15 is 0 Å². The number of amides is 1. The maximum atomic E-state index is 13.8. The van der Waals surface area contributed by atoms with E-state index in [-0.39, 0.29) is 17.5 Å². The molecule has 0 aliphatic carbocycles. The Kier molecular flexibility index (Phi) is 4.92. The minimum atomic E-state index is -0.797. The lowest BCUT2D eigenvalue weighted by atomic mass is 9.97. The SMILES string of the molecule is O=C(Nc1ccc(F)cc1F)C1CCCN(c2cc(-n3cncn3)ncn2)C1. The van der Waals surface area contributed by atoms with Gasteiger partial charge in [0.15, 0.2) is 5.82 Å². The summed E-state index contributed by atoms with van der Waals surface area (Å²) in [7, 11) is 0. The molecule has 2 aromatic heterocycles.